The van der Waals surface area contributed by atoms with Crippen LogP contribution >= 0.6 is 12.4 Å². The summed E-state index contributed by atoms with van der Waals surface area (Å²) in [7, 11) is 0. The fourth-order valence-electron chi connectivity index (χ4n) is 4.03. The zero-order valence-corrected chi connectivity index (χ0v) is 14.9. The van der Waals surface area contributed by atoms with Gasteiger partial charge in [-0.1, -0.05) is 36.2 Å². The van der Waals surface area contributed by atoms with Gasteiger partial charge in [0, 0.05) is 25.0 Å². The second-order valence-electron chi connectivity index (χ2n) is 7.13. The third-order valence-electron chi connectivity index (χ3n) is 5.44. The first-order valence-corrected chi connectivity index (χ1v) is 8.74. The summed E-state index contributed by atoms with van der Waals surface area (Å²) in [4.78, 5) is 14.8. The van der Waals surface area contributed by atoms with Crippen molar-refractivity contribution < 1.29 is 4.79 Å². The average Bonchev–Trinajstić information content (AvgIpc) is 3.11. The lowest BCUT2D eigenvalue weighted by atomic mass is 9.98. The minimum Gasteiger partial charge on any atom is -0.339 e. The Morgan fingerprint density at radius 3 is 2.57 bits per heavy atom. The van der Waals surface area contributed by atoms with Crippen LogP contribution in [0.5, 0.6) is 0 Å². The zero-order valence-electron chi connectivity index (χ0n) is 14.0. The number of nitrogens with zero attached hydrogens (tertiary/aromatic N) is 1. The normalized spacial score (nSPS) is 27.0. The van der Waals surface area contributed by atoms with Crippen LogP contribution in [0, 0.1) is 12.8 Å². The number of likely N-dealkylation sites (tertiary alicyclic amines) is 1. The summed E-state index contributed by atoms with van der Waals surface area (Å²) in [6.45, 7) is 3.04. The molecule has 2 N–H and O–H groups in total. The third kappa shape index (κ3) is 4.48. The summed E-state index contributed by atoms with van der Waals surface area (Å²) < 4.78 is 0. The highest BCUT2D eigenvalue weighted by Gasteiger charge is 2.32. The molecule has 4 heteroatoms. The van der Waals surface area contributed by atoms with E-state index in [4.69, 9.17) is 5.73 Å². The molecule has 1 heterocycles. The van der Waals surface area contributed by atoms with Crippen LogP contribution in [0.2, 0.25) is 0 Å². The highest BCUT2D eigenvalue weighted by atomic mass is 35.5. The molecule has 1 aliphatic carbocycles. The summed E-state index contributed by atoms with van der Waals surface area (Å²) in [5, 5.41) is 0. The molecule has 2 fully saturated rings. The number of hydrogen-bond acceptors (Lipinski definition) is 2. The molecule has 1 aromatic carbocycles. The van der Waals surface area contributed by atoms with Crippen LogP contribution in [-0.2, 0) is 11.2 Å². The van der Waals surface area contributed by atoms with E-state index in [0.717, 1.165) is 38.6 Å². The van der Waals surface area contributed by atoms with Crippen LogP contribution in [0.25, 0.3) is 0 Å². The van der Waals surface area contributed by atoms with Gasteiger partial charge in [-0.2, -0.15) is 0 Å². The van der Waals surface area contributed by atoms with Gasteiger partial charge in [0.15, 0.2) is 0 Å². The maximum Gasteiger partial charge on any atom is 0.223 e. The van der Waals surface area contributed by atoms with Gasteiger partial charge < -0.3 is 10.6 Å². The number of rotatable bonds is 4. The van der Waals surface area contributed by atoms with E-state index in [2.05, 4.69) is 36.1 Å². The first-order chi connectivity index (χ1) is 10.6. The Labute approximate surface area is 146 Å². The van der Waals surface area contributed by atoms with Crippen molar-refractivity contribution in [2.75, 3.05) is 6.54 Å². The Morgan fingerprint density at radius 2 is 1.91 bits per heavy atom. The summed E-state index contributed by atoms with van der Waals surface area (Å²) >= 11 is 0. The van der Waals surface area contributed by atoms with Gasteiger partial charge in [0.25, 0.3) is 0 Å². The van der Waals surface area contributed by atoms with Gasteiger partial charge in [-0.15, -0.1) is 12.4 Å². The number of aryl methyl sites for hydroxylation is 1. The van der Waals surface area contributed by atoms with Gasteiger partial charge in [-0.05, 0) is 50.5 Å². The molecule has 3 nitrogen and oxygen atoms in total. The zero-order chi connectivity index (χ0) is 15.5. The molecular formula is C19H29ClN2O. The second-order valence-corrected chi connectivity index (χ2v) is 7.13. The van der Waals surface area contributed by atoms with E-state index < -0.39 is 0 Å². The van der Waals surface area contributed by atoms with E-state index in [9.17, 15) is 4.79 Å². The summed E-state index contributed by atoms with van der Waals surface area (Å²) in [6.07, 6.45) is 7.32. The molecule has 1 aliphatic heterocycles. The van der Waals surface area contributed by atoms with Gasteiger partial charge in [0.2, 0.25) is 5.91 Å². The highest BCUT2D eigenvalue weighted by molar-refractivity contribution is 5.85. The Balaban J connectivity index is 0.00000192. The van der Waals surface area contributed by atoms with E-state index in [1.165, 1.54) is 17.5 Å². The largest absolute Gasteiger partial charge is 0.339 e. The van der Waals surface area contributed by atoms with Gasteiger partial charge >= 0.3 is 0 Å². The number of benzene rings is 1. The van der Waals surface area contributed by atoms with Crippen LogP contribution < -0.4 is 5.73 Å². The Morgan fingerprint density at radius 1 is 1.17 bits per heavy atom. The first kappa shape index (κ1) is 18.3. The van der Waals surface area contributed by atoms with Gasteiger partial charge in [-0.3, -0.25) is 4.79 Å². The SMILES string of the molecule is Cc1ccc(CC2CCCN2C(=O)C[C@@H]2CCC[C@H]2N)cc1.Cl. The molecule has 3 rings (SSSR count). The molecule has 1 unspecified atom stereocenters. The molecule has 2 aliphatic rings. The monoisotopic (exact) mass is 336 g/mol. The number of carbonyl (C=O) groups is 1. The van der Waals surface area contributed by atoms with Crippen LogP contribution in [0.15, 0.2) is 24.3 Å². The smallest absolute Gasteiger partial charge is 0.223 e. The van der Waals surface area contributed by atoms with Crippen molar-refractivity contribution >= 4 is 18.3 Å². The fourth-order valence-corrected chi connectivity index (χ4v) is 4.03. The van der Waals surface area contributed by atoms with E-state index in [-0.39, 0.29) is 18.4 Å². The van der Waals surface area contributed by atoms with Crippen LogP contribution in [0.1, 0.15) is 49.7 Å². The molecule has 128 valence electrons. The average molecular weight is 337 g/mol. The van der Waals surface area contributed by atoms with E-state index >= 15 is 0 Å². The number of amides is 1. The van der Waals surface area contributed by atoms with Crippen molar-refractivity contribution in [1.82, 2.24) is 4.90 Å². The number of halogens is 1. The highest BCUT2D eigenvalue weighted by Crippen LogP contribution is 2.29. The minimum absolute atomic E-state index is 0. The fraction of sp³-hybridized carbons (Fsp3) is 0.632. The Bertz CT molecular complexity index is 517. The summed E-state index contributed by atoms with van der Waals surface area (Å²) in [6, 6.07) is 9.34. The summed E-state index contributed by atoms with van der Waals surface area (Å²) in [5.41, 5.74) is 8.76. The van der Waals surface area contributed by atoms with Crippen molar-refractivity contribution in [3.05, 3.63) is 35.4 Å². The molecule has 0 aromatic heterocycles. The molecular weight excluding hydrogens is 308 g/mol. The van der Waals surface area contributed by atoms with Gasteiger partial charge in [0.05, 0.1) is 0 Å². The van der Waals surface area contributed by atoms with E-state index in [0.29, 0.717) is 24.3 Å². The van der Waals surface area contributed by atoms with Gasteiger partial charge in [0.1, 0.15) is 0 Å². The quantitative estimate of drug-likeness (QED) is 0.915. The van der Waals surface area contributed by atoms with Crippen molar-refractivity contribution in [3.63, 3.8) is 0 Å². The van der Waals surface area contributed by atoms with E-state index in [1.54, 1.807) is 0 Å². The molecule has 23 heavy (non-hydrogen) atoms. The first-order valence-electron chi connectivity index (χ1n) is 8.74. The van der Waals surface area contributed by atoms with Gasteiger partial charge in [-0.25, -0.2) is 0 Å². The van der Waals surface area contributed by atoms with Crippen molar-refractivity contribution in [2.24, 2.45) is 11.7 Å². The second kappa shape index (κ2) is 8.16. The van der Waals surface area contributed by atoms with Crippen molar-refractivity contribution in [2.45, 2.75) is 64.0 Å². The Kier molecular flexibility index (Phi) is 6.49. The lowest BCUT2D eigenvalue weighted by molar-refractivity contribution is -0.133. The molecule has 0 bridgehead atoms. The Hall–Kier alpha value is -1.06. The molecule has 1 saturated carbocycles. The molecule has 1 amide bonds. The third-order valence-corrected chi connectivity index (χ3v) is 5.44. The number of carbonyl (C=O) groups excluding carboxylic acids is 1. The molecule has 0 spiro atoms. The van der Waals surface area contributed by atoms with E-state index in [1.807, 2.05) is 0 Å². The van der Waals surface area contributed by atoms with Crippen LogP contribution in [0.3, 0.4) is 0 Å². The molecule has 1 aromatic rings. The molecule has 3 atom stereocenters. The lowest BCUT2D eigenvalue weighted by Gasteiger charge is -2.27. The predicted molar refractivity (Wildman–Crippen MR) is 96.8 cm³/mol. The predicted octanol–water partition coefficient (Wildman–Crippen LogP) is 3.47. The van der Waals surface area contributed by atoms with Crippen molar-refractivity contribution in [1.29, 1.82) is 0 Å². The van der Waals surface area contributed by atoms with Crippen LogP contribution in [-0.4, -0.2) is 29.4 Å². The standard InChI is InChI=1S/C19H28N2O.ClH/c1-14-7-9-15(10-8-14)12-17-5-3-11-21(17)19(22)13-16-4-2-6-18(16)20;/h7-10,16-18H,2-6,11-13,20H2,1H3;1H/t16-,17?,18+;/m0./s1. The maximum absolute atomic E-state index is 12.7. The number of hydrogen-bond donors (Lipinski definition) is 1. The number of nitrogens with two attached hydrogens (primary N) is 1. The summed E-state index contributed by atoms with van der Waals surface area (Å²) in [5.74, 6) is 0.741. The maximum atomic E-state index is 12.7. The van der Waals surface area contributed by atoms with Crippen LogP contribution in [0.4, 0.5) is 0 Å². The molecule has 0 radical (unpaired) electrons. The van der Waals surface area contributed by atoms with Crippen molar-refractivity contribution in [3.8, 4) is 0 Å². The topological polar surface area (TPSA) is 46.3 Å². The minimum atomic E-state index is 0. The lowest BCUT2D eigenvalue weighted by Crippen LogP contribution is -2.39. The molecule has 1 saturated heterocycles.